The molecule has 0 saturated carbocycles. The molecule has 0 saturated heterocycles. The normalized spacial score (nSPS) is 17.4. The molecule has 234 valence electrons. The van der Waals surface area contributed by atoms with E-state index in [1.807, 2.05) is 72.8 Å². The molecular formula is C34H32BrCl2N3O5. The van der Waals surface area contributed by atoms with Gasteiger partial charge in [0.2, 0.25) is 5.90 Å². The van der Waals surface area contributed by atoms with Crippen molar-refractivity contribution in [1.82, 2.24) is 10.9 Å². The molecule has 0 radical (unpaired) electrons. The number of carbonyl (C=O) groups is 1. The summed E-state index contributed by atoms with van der Waals surface area (Å²) in [6.45, 7) is 0.707. The zero-order chi connectivity index (χ0) is 31.8. The number of hydrazine groups is 1. The summed E-state index contributed by atoms with van der Waals surface area (Å²) in [6, 6.07) is 27.6. The van der Waals surface area contributed by atoms with Crippen LogP contribution in [0.25, 0.3) is 0 Å². The average Bonchev–Trinajstić information content (AvgIpc) is 3.44. The van der Waals surface area contributed by atoms with Crippen molar-refractivity contribution in [3.05, 3.63) is 128 Å². The van der Waals surface area contributed by atoms with E-state index >= 15 is 0 Å². The fraction of sp³-hybridized carbons (Fsp3) is 0.235. The number of halogens is 3. The molecule has 0 spiro atoms. The summed E-state index contributed by atoms with van der Waals surface area (Å²) >= 11 is 16.1. The van der Waals surface area contributed by atoms with E-state index in [1.165, 1.54) is 0 Å². The van der Waals surface area contributed by atoms with Crippen LogP contribution in [-0.2, 0) is 22.5 Å². The van der Waals surface area contributed by atoms with Gasteiger partial charge >= 0.3 is 0 Å². The molecule has 4 aromatic carbocycles. The first-order chi connectivity index (χ1) is 21.8. The van der Waals surface area contributed by atoms with Crippen molar-refractivity contribution in [3.8, 4) is 11.5 Å². The van der Waals surface area contributed by atoms with Crippen molar-refractivity contribution in [2.45, 2.75) is 31.0 Å². The van der Waals surface area contributed by atoms with E-state index in [2.05, 4.69) is 26.8 Å². The third-order valence-corrected chi connectivity index (χ3v) is 8.70. The van der Waals surface area contributed by atoms with E-state index in [0.29, 0.717) is 46.0 Å². The van der Waals surface area contributed by atoms with Crippen molar-refractivity contribution < 1.29 is 24.1 Å². The van der Waals surface area contributed by atoms with Crippen LogP contribution in [-0.4, -0.2) is 42.8 Å². The van der Waals surface area contributed by atoms with Crippen LogP contribution in [0.3, 0.4) is 0 Å². The van der Waals surface area contributed by atoms with Crippen molar-refractivity contribution in [2.24, 2.45) is 4.99 Å². The molecule has 0 aromatic heterocycles. The Morgan fingerprint density at radius 1 is 1.00 bits per heavy atom. The van der Waals surface area contributed by atoms with E-state index in [4.69, 9.17) is 47.5 Å². The molecule has 45 heavy (non-hydrogen) atoms. The predicted octanol–water partition coefficient (Wildman–Crippen LogP) is 6.85. The lowest BCUT2D eigenvalue weighted by Gasteiger charge is -2.31. The van der Waals surface area contributed by atoms with E-state index in [1.54, 1.807) is 25.3 Å². The minimum absolute atomic E-state index is 0.0532. The molecule has 5 rings (SSSR count). The Morgan fingerprint density at radius 3 is 2.53 bits per heavy atom. The second-order valence-electron chi connectivity index (χ2n) is 10.4. The molecule has 1 heterocycles. The highest BCUT2D eigenvalue weighted by atomic mass is 79.9. The van der Waals surface area contributed by atoms with Gasteiger partial charge in [-0.2, -0.15) is 0 Å². The zero-order valence-corrected chi connectivity index (χ0v) is 27.5. The first-order valence-electron chi connectivity index (χ1n) is 14.3. The lowest BCUT2D eigenvalue weighted by molar-refractivity contribution is -0.130. The fourth-order valence-electron chi connectivity index (χ4n) is 5.01. The van der Waals surface area contributed by atoms with Crippen LogP contribution in [0.15, 0.2) is 100 Å². The molecule has 11 heteroatoms. The highest BCUT2D eigenvalue weighted by Gasteiger charge is 2.53. The fourth-order valence-corrected chi connectivity index (χ4v) is 5.91. The van der Waals surface area contributed by atoms with Crippen molar-refractivity contribution >= 4 is 50.9 Å². The lowest BCUT2D eigenvalue weighted by Crippen LogP contribution is -2.53. The molecule has 0 unspecified atom stereocenters. The van der Waals surface area contributed by atoms with Gasteiger partial charge in [-0.3, -0.25) is 10.2 Å². The number of hydrogen-bond acceptors (Lipinski definition) is 7. The maximum absolute atomic E-state index is 14.4. The third kappa shape index (κ3) is 7.80. The number of ether oxygens (including phenoxy) is 3. The van der Waals surface area contributed by atoms with E-state index < -0.39 is 17.6 Å². The number of benzene rings is 4. The topological polar surface area (TPSA) is 101 Å². The second kappa shape index (κ2) is 15.1. The summed E-state index contributed by atoms with van der Waals surface area (Å²) in [5.74, 6) is 1.19. The minimum Gasteiger partial charge on any atom is -0.497 e. The third-order valence-electron chi connectivity index (χ3n) is 7.34. The molecule has 1 aliphatic rings. The average molecular weight is 713 g/mol. The van der Waals surface area contributed by atoms with Crippen LogP contribution < -0.4 is 20.3 Å². The number of carbonyl (C=O) groups excluding carboxylic acids is 1. The van der Waals surface area contributed by atoms with Gasteiger partial charge in [-0.25, -0.2) is 10.4 Å². The van der Waals surface area contributed by atoms with Crippen LogP contribution in [0, 0.1) is 0 Å². The van der Waals surface area contributed by atoms with Crippen LogP contribution in [0.4, 0.5) is 0 Å². The van der Waals surface area contributed by atoms with E-state index in [9.17, 15) is 4.79 Å². The molecule has 8 nitrogen and oxygen atoms in total. The van der Waals surface area contributed by atoms with E-state index in [-0.39, 0.29) is 19.6 Å². The molecule has 1 aliphatic heterocycles. The monoisotopic (exact) mass is 711 g/mol. The first kappa shape index (κ1) is 32.8. The standard InChI is InChI=1S/C34H32BrCl2N3O5/c1-43-28-8-4-7-23(18-28)31-34(20-24-6-2-3-9-29(24)35,33(42)40-38-21-25-10-13-26(36)19-30(25)37)39-32(45-31)22-11-14-27(15-12-22)44-17-5-16-41/h2-4,6-15,18-19,31,38,41H,5,16-17,20-21H2,1H3,(H,40,42)/t31-,34-/m0/s1. The summed E-state index contributed by atoms with van der Waals surface area (Å²) in [5.41, 5.74) is 7.51. The second-order valence-corrected chi connectivity index (χ2v) is 12.1. The largest absolute Gasteiger partial charge is 0.497 e. The minimum atomic E-state index is -1.43. The van der Waals surface area contributed by atoms with Crippen LogP contribution in [0.1, 0.15) is 34.8 Å². The van der Waals surface area contributed by atoms with Gasteiger partial charge in [-0.15, -0.1) is 0 Å². The number of aliphatic imine (C=N–C) groups is 1. The summed E-state index contributed by atoms with van der Waals surface area (Å²) in [4.78, 5) is 19.5. The van der Waals surface area contributed by atoms with Crippen molar-refractivity contribution in [3.63, 3.8) is 0 Å². The quantitative estimate of drug-likeness (QED) is 0.104. The van der Waals surface area contributed by atoms with Gasteiger partial charge in [0.05, 0.1) is 13.7 Å². The Hall–Kier alpha value is -3.60. The highest BCUT2D eigenvalue weighted by molar-refractivity contribution is 9.10. The Morgan fingerprint density at radius 2 is 1.80 bits per heavy atom. The number of nitrogens with zero attached hydrogens (tertiary/aromatic N) is 1. The number of aliphatic hydroxyl groups is 1. The summed E-state index contributed by atoms with van der Waals surface area (Å²) in [6.07, 6.45) is -0.0571. The Balaban J connectivity index is 1.54. The smallest absolute Gasteiger partial charge is 0.266 e. The van der Waals surface area contributed by atoms with E-state index in [0.717, 1.165) is 21.2 Å². The maximum atomic E-state index is 14.4. The Bertz CT molecular complexity index is 1670. The summed E-state index contributed by atoms with van der Waals surface area (Å²) in [5, 5.41) is 10.1. The van der Waals surface area contributed by atoms with Crippen molar-refractivity contribution in [1.29, 1.82) is 0 Å². The predicted molar refractivity (Wildman–Crippen MR) is 179 cm³/mol. The van der Waals surface area contributed by atoms with Crippen LogP contribution in [0.2, 0.25) is 10.0 Å². The number of amides is 1. The molecule has 2 atom stereocenters. The Labute approximate surface area is 280 Å². The van der Waals surface area contributed by atoms with Gasteiger partial charge in [-0.1, -0.05) is 75.5 Å². The lowest BCUT2D eigenvalue weighted by atomic mass is 9.82. The van der Waals surface area contributed by atoms with Gasteiger partial charge in [-0.05, 0) is 71.3 Å². The number of rotatable bonds is 13. The van der Waals surface area contributed by atoms with Gasteiger partial charge in [0.25, 0.3) is 5.91 Å². The molecule has 0 aliphatic carbocycles. The van der Waals surface area contributed by atoms with Gasteiger partial charge < -0.3 is 19.3 Å². The number of methoxy groups -OCH3 is 1. The molecule has 1 amide bonds. The Kier molecular flexibility index (Phi) is 11.0. The van der Waals surface area contributed by atoms with Crippen LogP contribution in [0.5, 0.6) is 11.5 Å². The molecule has 3 N–H and O–H groups in total. The highest BCUT2D eigenvalue weighted by Crippen LogP contribution is 2.44. The van der Waals surface area contributed by atoms with Gasteiger partial charge in [0.15, 0.2) is 11.6 Å². The van der Waals surface area contributed by atoms with Crippen LogP contribution >= 0.6 is 39.1 Å². The number of hydrogen-bond donors (Lipinski definition) is 3. The maximum Gasteiger partial charge on any atom is 0.266 e. The molecule has 0 fully saturated rings. The van der Waals surface area contributed by atoms with Gasteiger partial charge in [0, 0.05) is 46.1 Å². The summed E-state index contributed by atoms with van der Waals surface area (Å²) < 4.78 is 18.7. The number of nitrogens with one attached hydrogen (secondary N) is 2. The first-order valence-corrected chi connectivity index (χ1v) is 15.8. The molecule has 4 aromatic rings. The van der Waals surface area contributed by atoms with Crippen molar-refractivity contribution in [2.75, 3.05) is 20.3 Å². The number of aliphatic hydroxyl groups excluding tert-OH is 1. The zero-order valence-electron chi connectivity index (χ0n) is 24.4. The summed E-state index contributed by atoms with van der Waals surface area (Å²) in [7, 11) is 1.59. The molecular weight excluding hydrogens is 681 g/mol. The SMILES string of the molecule is COc1cccc([C@@H]2OC(c3ccc(OCCCO)cc3)=N[C@]2(Cc2ccccc2Br)C(=O)NNCc2ccc(Cl)cc2Cl)c1. The van der Waals surface area contributed by atoms with Gasteiger partial charge in [0.1, 0.15) is 11.5 Å². The molecule has 0 bridgehead atoms.